The third-order valence-corrected chi connectivity index (χ3v) is 4.04. The fourth-order valence-corrected chi connectivity index (χ4v) is 2.62. The Morgan fingerprint density at radius 3 is 2.28 bits per heavy atom. The third-order valence-electron chi connectivity index (χ3n) is 4.04. The highest BCUT2D eigenvalue weighted by molar-refractivity contribution is 5.95. The van der Waals surface area contributed by atoms with Gasteiger partial charge >= 0.3 is 6.18 Å². The standard InChI is InChI=1S/C20H22F3N3O3/c1-3-26(12-18(27)24-14-7-6-8-15(11-14)29-2)13-19(28)25-17-10-5-4-9-16(17)20(21,22)23/h4-11H,3,12-13H2,1-2H3,(H,24,27)(H,25,28). The summed E-state index contributed by atoms with van der Waals surface area (Å²) in [6.07, 6.45) is -4.58. The van der Waals surface area contributed by atoms with Crippen LogP contribution in [-0.4, -0.2) is 43.5 Å². The monoisotopic (exact) mass is 409 g/mol. The first-order valence-corrected chi connectivity index (χ1v) is 8.85. The molecule has 0 saturated carbocycles. The van der Waals surface area contributed by atoms with Gasteiger partial charge in [0.05, 0.1) is 31.5 Å². The van der Waals surface area contributed by atoms with E-state index in [1.165, 1.54) is 30.2 Å². The second kappa shape index (κ2) is 9.92. The van der Waals surface area contributed by atoms with Crippen LogP contribution in [0.25, 0.3) is 0 Å². The van der Waals surface area contributed by atoms with E-state index in [1.54, 1.807) is 31.2 Å². The number of alkyl halides is 3. The second-order valence-corrected chi connectivity index (χ2v) is 6.17. The van der Waals surface area contributed by atoms with Gasteiger partial charge in [-0.3, -0.25) is 14.5 Å². The fraction of sp³-hybridized carbons (Fsp3) is 0.300. The van der Waals surface area contributed by atoms with E-state index in [4.69, 9.17) is 4.74 Å². The van der Waals surface area contributed by atoms with Gasteiger partial charge < -0.3 is 15.4 Å². The Hall–Kier alpha value is -3.07. The van der Waals surface area contributed by atoms with Crippen LogP contribution in [0.15, 0.2) is 48.5 Å². The van der Waals surface area contributed by atoms with Gasteiger partial charge in [0.2, 0.25) is 11.8 Å². The van der Waals surface area contributed by atoms with Crippen LogP contribution in [0.5, 0.6) is 5.75 Å². The number of nitrogens with zero attached hydrogens (tertiary/aromatic N) is 1. The van der Waals surface area contributed by atoms with Crippen molar-refractivity contribution >= 4 is 23.2 Å². The van der Waals surface area contributed by atoms with Crippen LogP contribution in [0.2, 0.25) is 0 Å². The van der Waals surface area contributed by atoms with Gasteiger partial charge in [0.15, 0.2) is 0 Å². The molecule has 0 fully saturated rings. The van der Waals surface area contributed by atoms with Crippen LogP contribution in [0.4, 0.5) is 24.5 Å². The highest BCUT2D eigenvalue weighted by atomic mass is 19.4. The molecule has 0 aromatic heterocycles. The summed E-state index contributed by atoms with van der Waals surface area (Å²) < 4.78 is 44.2. The van der Waals surface area contributed by atoms with Crippen LogP contribution in [-0.2, 0) is 15.8 Å². The number of likely N-dealkylation sites (N-methyl/N-ethyl adjacent to an activating group) is 1. The Bertz CT molecular complexity index is 856. The smallest absolute Gasteiger partial charge is 0.418 e. The molecule has 0 aliphatic heterocycles. The topological polar surface area (TPSA) is 70.7 Å². The van der Waals surface area contributed by atoms with E-state index in [-0.39, 0.29) is 24.7 Å². The Kier molecular flexibility index (Phi) is 7.60. The zero-order valence-electron chi connectivity index (χ0n) is 16.0. The van der Waals surface area contributed by atoms with Gasteiger partial charge in [-0.1, -0.05) is 25.1 Å². The largest absolute Gasteiger partial charge is 0.497 e. The predicted octanol–water partition coefficient (Wildman–Crippen LogP) is 3.61. The lowest BCUT2D eigenvalue weighted by Gasteiger charge is -2.20. The Balaban J connectivity index is 1.95. The molecule has 0 unspecified atom stereocenters. The van der Waals surface area contributed by atoms with Gasteiger partial charge in [-0.15, -0.1) is 0 Å². The molecule has 0 aliphatic rings. The average molecular weight is 409 g/mol. The van der Waals surface area contributed by atoms with Crippen molar-refractivity contribution in [3.05, 3.63) is 54.1 Å². The van der Waals surface area contributed by atoms with Crippen molar-refractivity contribution in [2.45, 2.75) is 13.1 Å². The van der Waals surface area contributed by atoms with Gasteiger partial charge in [-0.25, -0.2) is 0 Å². The van der Waals surface area contributed by atoms with Gasteiger partial charge in [0, 0.05) is 11.8 Å². The molecule has 2 rings (SSSR count). The van der Waals surface area contributed by atoms with Crippen molar-refractivity contribution < 1.29 is 27.5 Å². The van der Waals surface area contributed by atoms with Crippen LogP contribution in [0.1, 0.15) is 12.5 Å². The van der Waals surface area contributed by atoms with Gasteiger partial charge in [-0.05, 0) is 30.8 Å². The van der Waals surface area contributed by atoms with Crippen molar-refractivity contribution in [3.63, 3.8) is 0 Å². The first-order chi connectivity index (χ1) is 13.7. The van der Waals surface area contributed by atoms with Crippen molar-refractivity contribution in [1.82, 2.24) is 4.90 Å². The molecule has 2 N–H and O–H groups in total. The van der Waals surface area contributed by atoms with Crippen molar-refractivity contribution in [2.75, 3.05) is 37.4 Å². The van der Waals surface area contributed by atoms with E-state index in [1.807, 2.05) is 0 Å². The maximum Gasteiger partial charge on any atom is 0.418 e. The molecule has 0 heterocycles. The van der Waals surface area contributed by atoms with Crippen LogP contribution in [0.3, 0.4) is 0 Å². The van der Waals surface area contributed by atoms with E-state index in [2.05, 4.69) is 10.6 Å². The summed E-state index contributed by atoms with van der Waals surface area (Å²) in [6, 6.07) is 11.5. The minimum absolute atomic E-state index is 0.0952. The number of methoxy groups -OCH3 is 1. The highest BCUT2D eigenvalue weighted by Crippen LogP contribution is 2.34. The molecule has 0 saturated heterocycles. The first kappa shape index (κ1) is 22.2. The quantitative estimate of drug-likeness (QED) is 0.699. The number of hydrogen-bond donors (Lipinski definition) is 2. The molecule has 0 bridgehead atoms. The minimum Gasteiger partial charge on any atom is -0.497 e. The van der Waals surface area contributed by atoms with Gasteiger partial charge in [0.25, 0.3) is 0 Å². The minimum atomic E-state index is -4.58. The lowest BCUT2D eigenvalue weighted by atomic mass is 10.1. The molecule has 0 radical (unpaired) electrons. The zero-order valence-corrected chi connectivity index (χ0v) is 16.0. The van der Waals surface area contributed by atoms with Gasteiger partial charge in [-0.2, -0.15) is 13.2 Å². The van der Waals surface area contributed by atoms with Crippen molar-refractivity contribution in [2.24, 2.45) is 0 Å². The normalized spacial score (nSPS) is 11.2. The molecule has 2 aromatic carbocycles. The highest BCUT2D eigenvalue weighted by Gasteiger charge is 2.33. The summed E-state index contributed by atoms with van der Waals surface area (Å²) in [5.74, 6) is -0.417. The lowest BCUT2D eigenvalue weighted by Crippen LogP contribution is -2.38. The summed E-state index contributed by atoms with van der Waals surface area (Å²) >= 11 is 0. The van der Waals surface area contributed by atoms with E-state index in [0.717, 1.165) is 6.07 Å². The molecular weight excluding hydrogens is 387 g/mol. The SMILES string of the molecule is CCN(CC(=O)Nc1cccc(OC)c1)CC(=O)Nc1ccccc1C(F)(F)F. The number of halogens is 3. The van der Waals surface area contributed by atoms with Crippen molar-refractivity contribution in [1.29, 1.82) is 0 Å². The number of ether oxygens (including phenoxy) is 1. The number of nitrogens with one attached hydrogen (secondary N) is 2. The maximum atomic E-state index is 13.0. The molecule has 0 spiro atoms. The predicted molar refractivity (Wildman–Crippen MR) is 104 cm³/mol. The number of carbonyl (C=O) groups is 2. The number of carbonyl (C=O) groups excluding carboxylic acids is 2. The van der Waals surface area contributed by atoms with E-state index >= 15 is 0 Å². The number of anilines is 2. The first-order valence-electron chi connectivity index (χ1n) is 8.85. The number of hydrogen-bond acceptors (Lipinski definition) is 4. The molecule has 9 heteroatoms. The third kappa shape index (κ3) is 6.79. The number of amides is 2. The molecular formula is C20H22F3N3O3. The van der Waals surface area contributed by atoms with E-state index in [0.29, 0.717) is 18.0 Å². The number of para-hydroxylation sites is 1. The maximum absolute atomic E-state index is 13.0. The lowest BCUT2D eigenvalue weighted by molar-refractivity contribution is -0.137. The summed E-state index contributed by atoms with van der Waals surface area (Å²) in [4.78, 5) is 26.0. The van der Waals surface area contributed by atoms with Crippen LogP contribution in [0, 0.1) is 0 Å². The number of benzene rings is 2. The molecule has 156 valence electrons. The summed E-state index contributed by atoms with van der Waals surface area (Å²) in [5, 5.41) is 4.96. The Morgan fingerprint density at radius 1 is 1.00 bits per heavy atom. The van der Waals surface area contributed by atoms with Crippen LogP contribution >= 0.6 is 0 Å². The molecule has 0 atom stereocenters. The second-order valence-electron chi connectivity index (χ2n) is 6.17. The zero-order chi connectivity index (χ0) is 21.4. The molecule has 6 nitrogen and oxygen atoms in total. The fourth-order valence-electron chi connectivity index (χ4n) is 2.62. The van der Waals surface area contributed by atoms with E-state index < -0.39 is 17.6 Å². The van der Waals surface area contributed by atoms with Gasteiger partial charge in [0.1, 0.15) is 5.75 Å². The molecule has 2 amide bonds. The molecule has 29 heavy (non-hydrogen) atoms. The summed E-state index contributed by atoms with van der Waals surface area (Å²) in [7, 11) is 1.51. The number of rotatable bonds is 8. The van der Waals surface area contributed by atoms with E-state index in [9.17, 15) is 22.8 Å². The molecule has 0 aliphatic carbocycles. The van der Waals surface area contributed by atoms with Crippen molar-refractivity contribution in [3.8, 4) is 5.75 Å². The average Bonchev–Trinajstić information content (AvgIpc) is 2.67. The Labute approximate surface area is 166 Å². The van der Waals surface area contributed by atoms with Crippen LogP contribution < -0.4 is 15.4 Å². The summed E-state index contributed by atoms with van der Waals surface area (Å²) in [5.41, 5.74) is -0.706. The summed E-state index contributed by atoms with van der Waals surface area (Å²) in [6.45, 7) is 1.78. The molecule has 2 aromatic rings. The Morgan fingerprint density at radius 2 is 1.66 bits per heavy atom.